The van der Waals surface area contributed by atoms with E-state index in [2.05, 4.69) is 26.8 Å². The lowest BCUT2D eigenvalue weighted by Crippen LogP contribution is -2.15. The predicted octanol–water partition coefficient (Wildman–Crippen LogP) is 4.25. The Hall–Kier alpha value is -2.29. The Morgan fingerprint density at radius 2 is 1.68 bits per heavy atom. The first kappa shape index (κ1) is 16.1. The highest BCUT2D eigenvalue weighted by Crippen LogP contribution is 2.30. The number of ether oxygens (including phenoxy) is 2. The molecule has 0 amide bonds. The van der Waals surface area contributed by atoms with Gasteiger partial charge in [-0.1, -0.05) is 51.1 Å². The molecule has 0 atom stereocenters. The Balaban J connectivity index is 1.90. The molecular weight excluding hydrogens is 276 g/mol. The molecule has 0 saturated heterocycles. The topological polar surface area (TPSA) is 35.5 Å². The van der Waals surface area contributed by atoms with E-state index in [9.17, 15) is 4.79 Å². The van der Waals surface area contributed by atoms with Crippen LogP contribution in [0.3, 0.4) is 0 Å². The summed E-state index contributed by atoms with van der Waals surface area (Å²) in [6.45, 7) is 7.38. The van der Waals surface area contributed by atoms with E-state index in [-0.39, 0.29) is 5.41 Å². The molecular formula is C19H22O3. The van der Waals surface area contributed by atoms with E-state index in [1.54, 1.807) is 18.2 Å². The first-order chi connectivity index (χ1) is 10.5. The molecule has 0 unspecified atom stereocenters. The Kier molecular flexibility index (Phi) is 5.21. The minimum Gasteiger partial charge on any atom is -0.490 e. The Labute approximate surface area is 131 Å². The molecule has 0 aliphatic carbocycles. The highest BCUT2D eigenvalue weighted by Gasteiger charge is 2.18. The summed E-state index contributed by atoms with van der Waals surface area (Å²) < 4.78 is 11.5. The minimum absolute atomic E-state index is 0.0374. The van der Waals surface area contributed by atoms with Crippen molar-refractivity contribution in [2.75, 3.05) is 13.2 Å². The fourth-order valence-corrected chi connectivity index (χ4v) is 2.20. The van der Waals surface area contributed by atoms with Crippen LogP contribution < -0.4 is 9.47 Å². The van der Waals surface area contributed by atoms with Gasteiger partial charge in [0.2, 0.25) is 0 Å². The number of para-hydroxylation sites is 1. The van der Waals surface area contributed by atoms with Gasteiger partial charge in [-0.25, -0.2) is 0 Å². The van der Waals surface area contributed by atoms with Crippen LogP contribution in [0.2, 0.25) is 0 Å². The predicted molar refractivity (Wildman–Crippen MR) is 88.0 cm³/mol. The fraction of sp³-hybridized carbons (Fsp3) is 0.316. The number of carbonyl (C=O) groups is 1. The number of hydrogen-bond acceptors (Lipinski definition) is 3. The maximum Gasteiger partial charge on any atom is 0.150 e. The number of hydrogen-bond donors (Lipinski definition) is 0. The Morgan fingerprint density at radius 3 is 2.41 bits per heavy atom. The summed E-state index contributed by atoms with van der Waals surface area (Å²) >= 11 is 0. The van der Waals surface area contributed by atoms with Crippen LogP contribution in [0.15, 0.2) is 48.5 Å². The van der Waals surface area contributed by atoms with E-state index in [0.717, 1.165) is 12.0 Å². The smallest absolute Gasteiger partial charge is 0.150 e. The van der Waals surface area contributed by atoms with Gasteiger partial charge in [-0.15, -0.1) is 0 Å². The van der Waals surface area contributed by atoms with Crippen LogP contribution in [0.4, 0.5) is 0 Å². The van der Waals surface area contributed by atoms with E-state index in [1.807, 2.05) is 24.3 Å². The summed E-state index contributed by atoms with van der Waals surface area (Å²) in [6, 6.07) is 15.2. The lowest BCUT2D eigenvalue weighted by molar-refractivity contribution is 0.112. The van der Waals surface area contributed by atoms with Gasteiger partial charge in [0.15, 0.2) is 0 Å². The zero-order chi connectivity index (χ0) is 16.0. The quantitative estimate of drug-likeness (QED) is 0.590. The maximum absolute atomic E-state index is 10.7. The molecule has 0 heterocycles. The van der Waals surface area contributed by atoms with Gasteiger partial charge in [0, 0.05) is 5.56 Å². The molecule has 3 heteroatoms. The van der Waals surface area contributed by atoms with Crippen molar-refractivity contribution in [2.45, 2.75) is 26.2 Å². The average Bonchev–Trinajstić information content (AvgIpc) is 2.51. The zero-order valence-corrected chi connectivity index (χ0v) is 13.3. The molecule has 3 nitrogen and oxygen atoms in total. The second-order valence-electron chi connectivity index (χ2n) is 6.13. The number of benzene rings is 2. The normalized spacial score (nSPS) is 11.0. The van der Waals surface area contributed by atoms with Gasteiger partial charge in [-0.2, -0.15) is 0 Å². The van der Waals surface area contributed by atoms with Crippen molar-refractivity contribution >= 4 is 6.29 Å². The molecule has 0 spiro atoms. The molecule has 2 aromatic carbocycles. The molecule has 0 N–H and O–H groups in total. The number of carbonyl (C=O) groups excluding carboxylic acids is 1. The first-order valence-electron chi connectivity index (χ1n) is 7.41. The molecule has 0 bridgehead atoms. The van der Waals surface area contributed by atoms with Crippen molar-refractivity contribution < 1.29 is 14.3 Å². The van der Waals surface area contributed by atoms with Crippen LogP contribution >= 0.6 is 0 Å². The van der Waals surface area contributed by atoms with Crippen molar-refractivity contribution in [1.82, 2.24) is 0 Å². The van der Waals surface area contributed by atoms with Gasteiger partial charge in [-0.3, -0.25) is 4.79 Å². The second kappa shape index (κ2) is 7.12. The maximum atomic E-state index is 10.7. The zero-order valence-electron chi connectivity index (χ0n) is 13.3. The van der Waals surface area contributed by atoms with Gasteiger partial charge in [0.1, 0.15) is 31.0 Å². The van der Waals surface area contributed by atoms with E-state index in [0.29, 0.717) is 24.5 Å². The van der Waals surface area contributed by atoms with Crippen molar-refractivity contribution in [3.8, 4) is 11.5 Å². The van der Waals surface area contributed by atoms with Gasteiger partial charge in [0.05, 0.1) is 0 Å². The summed E-state index contributed by atoms with van der Waals surface area (Å²) in [5, 5.41) is 0. The van der Waals surface area contributed by atoms with Crippen LogP contribution in [-0.4, -0.2) is 19.5 Å². The summed E-state index contributed by atoms with van der Waals surface area (Å²) in [5.41, 5.74) is 1.82. The van der Waals surface area contributed by atoms with Crippen molar-refractivity contribution in [2.24, 2.45) is 0 Å². The summed E-state index contributed by atoms with van der Waals surface area (Å²) in [6.07, 6.45) is 0.808. The molecule has 0 saturated carbocycles. The van der Waals surface area contributed by atoms with Crippen molar-refractivity contribution in [3.63, 3.8) is 0 Å². The molecule has 0 fully saturated rings. The standard InChI is InChI=1S/C19H22O3/c1-19(2,3)17-9-4-5-10-18(17)22-12-11-21-16-8-6-7-15(13-16)14-20/h4-10,13-14H,11-12H2,1-3H3. The lowest BCUT2D eigenvalue weighted by Gasteiger charge is -2.22. The third kappa shape index (κ3) is 4.35. The molecule has 0 radical (unpaired) electrons. The average molecular weight is 298 g/mol. The van der Waals surface area contributed by atoms with E-state index < -0.39 is 0 Å². The highest BCUT2D eigenvalue weighted by molar-refractivity contribution is 5.75. The van der Waals surface area contributed by atoms with Gasteiger partial charge in [0.25, 0.3) is 0 Å². The third-order valence-electron chi connectivity index (χ3n) is 3.30. The van der Waals surface area contributed by atoms with Crippen molar-refractivity contribution in [3.05, 3.63) is 59.7 Å². The van der Waals surface area contributed by atoms with Crippen LogP contribution in [0, 0.1) is 0 Å². The first-order valence-corrected chi connectivity index (χ1v) is 7.41. The van der Waals surface area contributed by atoms with Gasteiger partial charge in [-0.05, 0) is 29.2 Å². The monoisotopic (exact) mass is 298 g/mol. The molecule has 2 aromatic rings. The van der Waals surface area contributed by atoms with Gasteiger partial charge >= 0.3 is 0 Å². The Bertz CT molecular complexity index is 627. The largest absolute Gasteiger partial charge is 0.490 e. The van der Waals surface area contributed by atoms with Gasteiger partial charge < -0.3 is 9.47 Å². The SMILES string of the molecule is CC(C)(C)c1ccccc1OCCOc1cccc(C=O)c1. The molecule has 22 heavy (non-hydrogen) atoms. The van der Waals surface area contributed by atoms with Crippen LogP contribution in [0.25, 0.3) is 0 Å². The van der Waals surface area contributed by atoms with E-state index in [1.165, 1.54) is 5.56 Å². The minimum atomic E-state index is 0.0374. The summed E-state index contributed by atoms with van der Waals surface area (Å²) in [7, 11) is 0. The number of rotatable bonds is 6. The molecule has 0 aliphatic heterocycles. The van der Waals surface area contributed by atoms with Crippen LogP contribution in [-0.2, 0) is 5.41 Å². The van der Waals surface area contributed by atoms with Crippen LogP contribution in [0.1, 0.15) is 36.7 Å². The van der Waals surface area contributed by atoms with E-state index in [4.69, 9.17) is 9.47 Å². The Morgan fingerprint density at radius 1 is 0.955 bits per heavy atom. The molecule has 2 rings (SSSR count). The molecule has 0 aliphatic rings. The number of aldehydes is 1. The molecule has 0 aromatic heterocycles. The van der Waals surface area contributed by atoms with Crippen molar-refractivity contribution in [1.29, 1.82) is 0 Å². The second-order valence-corrected chi connectivity index (χ2v) is 6.13. The lowest BCUT2D eigenvalue weighted by atomic mass is 9.86. The van der Waals surface area contributed by atoms with E-state index >= 15 is 0 Å². The highest BCUT2D eigenvalue weighted by atomic mass is 16.5. The summed E-state index contributed by atoms with van der Waals surface area (Å²) in [5.74, 6) is 1.57. The summed E-state index contributed by atoms with van der Waals surface area (Å²) in [4.78, 5) is 10.7. The molecule has 116 valence electrons. The fourth-order valence-electron chi connectivity index (χ4n) is 2.20. The third-order valence-corrected chi connectivity index (χ3v) is 3.30. The van der Waals surface area contributed by atoms with Crippen LogP contribution in [0.5, 0.6) is 11.5 Å².